The molecule has 0 aliphatic carbocycles. The van der Waals surface area contributed by atoms with Crippen LogP contribution >= 0.6 is 0 Å². The van der Waals surface area contributed by atoms with Crippen molar-refractivity contribution in [3.05, 3.63) is 59.7 Å². The predicted molar refractivity (Wildman–Crippen MR) is 134 cm³/mol. The quantitative estimate of drug-likeness (QED) is 0.595. The average Bonchev–Trinajstić information content (AvgIpc) is 2.83. The van der Waals surface area contributed by atoms with Gasteiger partial charge in [-0.05, 0) is 61.9 Å². The molecule has 34 heavy (non-hydrogen) atoms. The van der Waals surface area contributed by atoms with Crippen LogP contribution in [0.4, 0.5) is 5.69 Å². The number of hydrogen-bond donors (Lipinski definition) is 2. The lowest BCUT2D eigenvalue weighted by molar-refractivity contribution is -0.130. The third-order valence-corrected chi connectivity index (χ3v) is 8.27. The summed E-state index contributed by atoms with van der Waals surface area (Å²) >= 11 is 0. The zero-order valence-electron chi connectivity index (χ0n) is 20.4. The molecular formula is C26H35N3O4S. The van der Waals surface area contributed by atoms with Gasteiger partial charge in [-0.1, -0.05) is 50.6 Å². The Morgan fingerprint density at radius 2 is 1.59 bits per heavy atom. The Bertz CT molecular complexity index is 1090. The van der Waals surface area contributed by atoms with Gasteiger partial charge < -0.3 is 10.6 Å². The predicted octanol–water partition coefficient (Wildman–Crippen LogP) is 3.74. The lowest BCUT2D eigenvalue weighted by Crippen LogP contribution is -2.50. The summed E-state index contributed by atoms with van der Waals surface area (Å²) < 4.78 is 27.3. The number of sulfonamides is 1. The molecule has 3 rings (SSSR count). The molecule has 0 aromatic heterocycles. The molecule has 184 valence electrons. The summed E-state index contributed by atoms with van der Waals surface area (Å²) in [7, 11) is -3.58. The van der Waals surface area contributed by atoms with Crippen molar-refractivity contribution in [3.63, 3.8) is 0 Å². The van der Waals surface area contributed by atoms with E-state index >= 15 is 0 Å². The topological polar surface area (TPSA) is 95.6 Å². The molecule has 2 aromatic rings. The molecule has 0 radical (unpaired) electrons. The first kappa shape index (κ1) is 25.9. The minimum atomic E-state index is -3.58. The Kier molecular flexibility index (Phi) is 8.49. The Balaban J connectivity index is 1.58. The standard InChI is InChI=1S/C26H35N3O4S/c1-5-20-8-10-22(11-9-20)27-26(31)24(18(2)3)28-25(30)21-14-16-29(17-15-21)34(32,33)23-12-6-19(4)7-13-23/h6-13,18,21,24H,5,14-17H2,1-4H3,(H,27,31)(H,28,30)/t24-/m0/s1. The zero-order valence-corrected chi connectivity index (χ0v) is 21.2. The van der Waals surface area contributed by atoms with Crippen LogP contribution in [0.25, 0.3) is 0 Å². The van der Waals surface area contributed by atoms with Gasteiger partial charge in [0.25, 0.3) is 0 Å². The van der Waals surface area contributed by atoms with Crippen LogP contribution in [0.1, 0.15) is 44.7 Å². The fourth-order valence-corrected chi connectivity index (χ4v) is 5.54. The third-order valence-electron chi connectivity index (χ3n) is 6.36. The molecule has 0 unspecified atom stereocenters. The molecule has 0 saturated carbocycles. The van der Waals surface area contributed by atoms with E-state index in [0.29, 0.717) is 18.5 Å². The van der Waals surface area contributed by atoms with Crippen molar-refractivity contribution in [1.29, 1.82) is 0 Å². The SMILES string of the molecule is CCc1ccc(NC(=O)[C@@H](NC(=O)C2CCN(S(=O)(=O)c3ccc(C)cc3)CC2)C(C)C)cc1. The van der Waals surface area contributed by atoms with Crippen LogP contribution in [0, 0.1) is 18.8 Å². The Morgan fingerprint density at radius 1 is 1.00 bits per heavy atom. The fourth-order valence-electron chi connectivity index (χ4n) is 4.07. The van der Waals surface area contributed by atoms with Gasteiger partial charge in [-0.25, -0.2) is 8.42 Å². The highest BCUT2D eigenvalue weighted by Crippen LogP contribution is 2.24. The Morgan fingerprint density at radius 3 is 2.12 bits per heavy atom. The molecule has 1 aliphatic rings. The molecule has 0 bridgehead atoms. The molecule has 1 aliphatic heterocycles. The van der Waals surface area contributed by atoms with Gasteiger partial charge in [0.1, 0.15) is 6.04 Å². The summed E-state index contributed by atoms with van der Waals surface area (Å²) in [4.78, 5) is 26.1. The van der Waals surface area contributed by atoms with Gasteiger partial charge in [0, 0.05) is 24.7 Å². The highest BCUT2D eigenvalue weighted by molar-refractivity contribution is 7.89. The van der Waals surface area contributed by atoms with E-state index in [-0.39, 0.29) is 41.6 Å². The van der Waals surface area contributed by atoms with Gasteiger partial charge in [-0.2, -0.15) is 4.31 Å². The molecule has 1 saturated heterocycles. The van der Waals surface area contributed by atoms with Gasteiger partial charge in [0.2, 0.25) is 21.8 Å². The number of anilines is 1. The summed E-state index contributed by atoms with van der Waals surface area (Å²) in [5.74, 6) is -0.891. The average molecular weight is 486 g/mol. The summed E-state index contributed by atoms with van der Waals surface area (Å²) in [6.07, 6.45) is 1.76. The van der Waals surface area contributed by atoms with E-state index in [1.807, 2.05) is 45.0 Å². The molecule has 1 heterocycles. The maximum Gasteiger partial charge on any atom is 0.247 e. The van der Waals surface area contributed by atoms with E-state index in [0.717, 1.165) is 12.0 Å². The summed E-state index contributed by atoms with van der Waals surface area (Å²) in [6.45, 7) is 8.31. The summed E-state index contributed by atoms with van der Waals surface area (Å²) in [6, 6.07) is 13.8. The minimum Gasteiger partial charge on any atom is -0.344 e. The first-order chi connectivity index (χ1) is 16.1. The van der Waals surface area contributed by atoms with Crippen LogP contribution in [0.3, 0.4) is 0 Å². The van der Waals surface area contributed by atoms with Crippen molar-refractivity contribution in [1.82, 2.24) is 9.62 Å². The number of amides is 2. The van der Waals surface area contributed by atoms with Crippen LogP contribution in [0.15, 0.2) is 53.4 Å². The van der Waals surface area contributed by atoms with Crippen LogP contribution in [-0.2, 0) is 26.0 Å². The fraction of sp³-hybridized carbons (Fsp3) is 0.462. The van der Waals surface area contributed by atoms with Gasteiger partial charge in [0.05, 0.1) is 4.90 Å². The van der Waals surface area contributed by atoms with E-state index in [1.54, 1.807) is 24.3 Å². The maximum absolute atomic E-state index is 13.0. The Labute approximate surface area is 203 Å². The molecular weight excluding hydrogens is 450 g/mol. The third kappa shape index (κ3) is 6.24. The zero-order chi connectivity index (χ0) is 24.9. The van der Waals surface area contributed by atoms with Crippen molar-refractivity contribution in [3.8, 4) is 0 Å². The number of carbonyl (C=O) groups excluding carboxylic acids is 2. The lowest BCUT2D eigenvalue weighted by Gasteiger charge is -2.32. The van der Waals surface area contributed by atoms with Crippen molar-refractivity contribution in [2.45, 2.75) is 57.9 Å². The maximum atomic E-state index is 13.0. The number of nitrogens with one attached hydrogen (secondary N) is 2. The van der Waals surface area contributed by atoms with Crippen LogP contribution in [0.5, 0.6) is 0 Å². The smallest absolute Gasteiger partial charge is 0.247 e. The van der Waals surface area contributed by atoms with Crippen molar-refractivity contribution in [2.24, 2.45) is 11.8 Å². The van der Waals surface area contributed by atoms with E-state index in [9.17, 15) is 18.0 Å². The molecule has 2 N–H and O–H groups in total. The van der Waals surface area contributed by atoms with Crippen molar-refractivity contribution >= 4 is 27.5 Å². The number of benzene rings is 2. The number of aryl methyl sites for hydroxylation is 2. The van der Waals surface area contributed by atoms with Crippen LogP contribution < -0.4 is 10.6 Å². The largest absolute Gasteiger partial charge is 0.344 e. The number of rotatable bonds is 8. The van der Waals surface area contributed by atoms with Gasteiger partial charge in [-0.15, -0.1) is 0 Å². The molecule has 2 aromatic carbocycles. The second kappa shape index (κ2) is 11.1. The minimum absolute atomic E-state index is 0.0964. The van der Waals surface area contributed by atoms with Gasteiger partial charge in [-0.3, -0.25) is 9.59 Å². The normalized spacial score (nSPS) is 16.3. The van der Waals surface area contributed by atoms with Crippen molar-refractivity contribution < 1.29 is 18.0 Å². The molecule has 8 heteroatoms. The molecule has 1 fully saturated rings. The number of hydrogen-bond acceptors (Lipinski definition) is 4. The van der Waals surface area contributed by atoms with Gasteiger partial charge in [0.15, 0.2) is 0 Å². The number of nitrogens with zero attached hydrogens (tertiary/aromatic N) is 1. The van der Waals surface area contributed by atoms with E-state index in [1.165, 1.54) is 9.87 Å². The first-order valence-electron chi connectivity index (χ1n) is 11.9. The highest BCUT2D eigenvalue weighted by atomic mass is 32.2. The summed E-state index contributed by atoms with van der Waals surface area (Å²) in [5, 5.41) is 5.79. The van der Waals surface area contributed by atoms with Crippen LogP contribution in [0.2, 0.25) is 0 Å². The second-order valence-electron chi connectivity index (χ2n) is 9.26. The van der Waals surface area contributed by atoms with Crippen molar-refractivity contribution in [2.75, 3.05) is 18.4 Å². The lowest BCUT2D eigenvalue weighted by atomic mass is 9.95. The summed E-state index contributed by atoms with van der Waals surface area (Å²) in [5.41, 5.74) is 2.87. The molecule has 1 atom stereocenters. The highest BCUT2D eigenvalue weighted by Gasteiger charge is 2.34. The van der Waals surface area contributed by atoms with E-state index in [4.69, 9.17) is 0 Å². The van der Waals surface area contributed by atoms with E-state index in [2.05, 4.69) is 17.6 Å². The van der Waals surface area contributed by atoms with Gasteiger partial charge >= 0.3 is 0 Å². The number of piperidine rings is 1. The molecule has 7 nitrogen and oxygen atoms in total. The molecule has 0 spiro atoms. The second-order valence-corrected chi connectivity index (χ2v) is 11.2. The van der Waals surface area contributed by atoms with E-state index < -0.39 is 16.1 Å². The molecule has 2 amide bonds. The van der Waals surface area contributed by atoms with Crippen LogP contribution in [-0.4, -0.2) is 43.7 Å². The number of carbonyl (C=O) groups is 2. The first-order valence-corrected chi connectivity index (χ1v) is 13.3. The monoisotopic (exact) mass is 485 g/mol. The Hall–Kier alpha value is -2.71.